The Morgan fingerprint density at radius 1 is 1.47 bits per heavy atom. The summed E-state index contributed by atoms with van der Waals surface area (Å²) in [5, 5.41) is 4.46. The van der Waals surface area contributed by atoms with Gasteiger partial charge >= 0.3 is 0 Å². The SMILES string of the molecule is Cc1cc(C2NCCC(C)S2)ccc1F. The molecule has 0 radical (unpaired) electrons. The third-order valence-corrected chi connectivity index (χ3v) is 4.15. The van der Waals surface area contributed by atoms with Gasteiger partial charge in [0.2, 0.25) is 0 Å². The molecule has 0 spiro atoms. The maximum Gasteiger partial charge on any atom is 0.126 e. The Kier molecular flexibility index (Phi) is 3.32. The number of hydrogen-bond donors (Lipinski definition) is 1. The lowest BCUT2D eigenvalue weighted by Crippen LogP contribution is -2.28. The fourth-order valence-electron chi connectivity index (χ4n) is 1.79. The fourth-order valence-corrected chi connectivity index (χ4v) is 3.03. The van der Waals surface area contributed by atoms with Crippen molar-refractivity contribution in [2.24, 2.45) is 0 Å². The Labute approximate surface area is 94.5 Å². The van der Waals surface area contributed by atoms with E-state index in [0.29, 0.717) is 10.6 Å². The van der Waals surface area contributed by atoms with Crippen molar-refractivity contribution in [3.63, 3.8) is 0 Å². The second-order valence-corrected chi connectivity index (χ2v) is 5.63. The number of halogens is 1. The van der Waals surface area contributed by atoms with Crippen molar-refractivity contribution < 1.29 is 4.39 Å². The molecule has 3 heteroatoms. The van der Waals surface area contributed by atoms with Crippen molar-refractivity contribution in [1.29, 1.82) is 0 Å². The Morgan fingerprint density at radius 3 is 2.93 bits per heavy atom. The van der Waals surface area contributed by atoms with Crippen molar-refractivity contribution in [3.8, 4) is 0 Å². The van der Waals surface area contributed by atoms with Gasteiger partial charge in [-0.3, -0.25) is 0 Å². The highest BCUT2D eigenvalue weighted by molar-refractivity contribution is 8.00. The van der Waals surface area contributed by atoms with E-state index in [1.165, 1.54) is 12.0 Å². The first kappa shape index (κ1) is 11.0. The summed E-state index contributed by atoms with van der Waals surface area (Å²) in [6.07, 6.45) is 1.21. The molecular weight excluding hydrogens is 209 g/mol. The smallest absolute Gasteiger partial charge is 0.126 e. The molecule has 2 rings (SSSR count). The third-order valence-electron chi connectivity index (χ3n) is 2.73. The summed E-state index contributed by atoms with van der Waals surface area (Å²) < 4.78 is 13.1. The van der Waals surface area contributed by atoms with Gasteiger partial charge in [0, 0.05) is 5.25 Å². The van der Waals surface area contributed by atoms with Crippen LogP contribution in [0.1, 0.15) is 29.8 Å². The first-order valence-corrected chi connectivity index (χ1v) is 6.26. The molecule has 1 aromatic rings. The van der Waals surface area contributed by atoms with Crippen LogP contribution in [0.5, 0.6) is 0 Å². The monoisotopic (exact) mass is 225 g/mol. The Hall–Kier alpha value is -0.540. The molecule has 0 bridgehead atoms. The summed E-state index contributed by atoms with van der Waals surface area (Å²) in [4.78, 5) is 0. The minimum atomic E-state index is -0.118. The number of rotatable bonds is 1. The summed E-state index contributed by atoms with van der Waals surface area (Å²) in [5.41, 5.74) is 1.92. The molecule has 0 saturated carbocycles. The second-order valence-electron chi connectivity index (χ2n) is 4.08. The number of hydrogen-bond acceptors (Lipinski definition) is 2. The molecule has 2 unspecified atom stereocenters. The van der Waals surface area contributed by atoms with Gasteiger partial charge in [-0.15, -0.1) is 11.8 Å². The molecule has 15 heavy (non-hydrogen) atoms. The Morgan fingerprint density at radius 2 is 2.27 bits per heavy atom. The highest BCUT2D eigenvalue weighted by Gasteiger charge is 2.20. The first-order valence-electron chi connectivity index (χ1n) is 5.31. The van der Waals surface area contributed by atoms with Crippen molar-refractivity contribution in [2.45, 2.75) is 30.9 Å². The fraction of sp³-hybridized carbons (Fsp3) is 0.500. The zero-order valence-electron chi connectivity index (χ0n) is 9.09. The van der Waals surface area contributed by atoms with Crippen LogP contribution in [-0.2, 0) is 0 Å². The molecule has 1 aliphatic rings. The minimum absolute atomic E-state index is 0.118. The molecular formula is C12H16FNS. The lowest BCUT2D eigenvalue weighted by Gasteiger charge is -2.28. The predicted molar refractivity (Wildman–Crippen MR) is 63.6 cm³/mol. The number of nitrogens with one attached hydrogen (secondary N) is 1. The summed E-state index contributed by atoms with van der Waals surface area (Å²) in [6.45, 7) is 5.11. The lowest BCUT2D eigenvalue weighted by molar-refractivity contribution is 0.597. The van der Waals surface area contributed by atoms with Gasteiger partial charge in [-0.2, -0.15) is 0 Å². The summed E-state index contributed by atoms with van der Waals surface area (Å²) in [7, 11) is 0. The summed E-state index contributed by atoms with van der Waals surface area (Å²) in [5.74, 6) is -0.118. The topological polar surface area (TPSA) is 12.0 Å². The van der Waals surface area contributed by atoms with Gasteiger partial charge in [0.15, 0.2) is 0 Å². The van der Waals surface area contributed by atoms with Crippen molar-refractivity contribution in [2.75, 3.05) is 6.54 Å². The van der Waals surface area contributed by atoms with Crippen LogP contribution in [0.4, 0.5) is 4.39 Å². The van der Waals surface area contributed by atoms with Crippen molar-refractivity contribution in [3.05, 3.63) is 35.1 Å². The molecule has 0 aliphatic carbocycles. The van der Waals surface area contributed by atoms with Gasteiger partial charge in [0.05, 0.1) is 5.37 Å². The number of benzene rings is 1. The van der Waals surface area contributed by atoms with Crippen molar-refractivity contribution in [1.82, 2.24) is 5.32 Å². The van der Waals surface area contributed by atoms with E-state index >= 15 is 0 Å². The average molecular weight is 225 g/mol. The van der Waals surface area contributed by atoms with Gasteiger partial charge in [0.25, 0.3) is 0 Å². The molecule has 1 heterocycles. The number of thioether (sulfide) groups is 1. The molecule has 0 aromatic heterocycles. The minimum Gasteiger partial charge on any atom is -0.302 e. The van der Waals surface area contributed by atoms with Crippen LogP contribution in [0, 0.1) is 12.7 Å². The third kappa shape index (κ3) is 2.52. The maximum absolute atomic E-state index is 13.1. The highest BCUT2D eigenvalue weighted by Crippen LogP contribution is 2.34. The Bertz CT molecular complexity index is 353. The molecule has 0 amide bonds. The van der Waals surface area contributed by atoms with E-state index in [4.69, 9.17) is 0 Å². The predicted octanol–water partition coefficient (Wildman–Crippen LogP) is 3.25. The maximum atomic E-state index is 13.1. The van der Waals surface area contributed by atoms with Crippen LogP contribution in [-0.4, -0.2) is 11.8 Å². The first-order chi connectivity index (χ1) is 7.16. The van der Waals surface area contributed by atoms with E-state index < -0.39 is 0 Å². The van der Waals surface area contributed by atoms with E-state index in [1.54, 1.807) is 6.07 Å². The van der Waals surface area contributed by atoms with Crippen LogP contribution in [0.15, 0.2) is 18.2 Å². The van der Waals surface area contributed by atoms with E-state index in [1.807, 2.05) is 30.8 Å². The van der Waals surface area contributed by atoms with Crippen LogP contribution in [0.2, 0.25) is 0 Å². The normalized spacial score (nSPS) is 26.6. The second kappa shape index (κ2) is 4.54. The van der Waals surface area contributed by atoms with Crippen molar-refractivity contribution >= 4 is 11.8 Å². The highest BCUT2D eigenvalue weighted by atomic mass is 32.2. The molecule has 1 aliphatic heterocycles. The van der Waals surface area contributed by atoms with Gasteiger partial charge in [-0.05, 0) is 37.1 Å². The zero-order chi connectivity index (χ0) is 10.8. The van der Waals surface area contributed by atoms with Crippen LogP contribution < -0.4 is 5.32 Å². The Balaban J connectivity index is 2.18. The summed E-state index contributed by atoms with van der Waals surface area (Å²) in [6, 6.07) is 5.38. The van der Waals surface area contributed by atoms with Gasteiger partial charge in [-0.1, -0.05) is 19.1 Å². The zero-order valence-corrected chi connectivity index (χ0v) is 9.90. The standard InChI is InChI=1S/C12H16FNS/c1-8-7-10(3-4-11(8)13)12-14-6-5-9(2)15-12/h3-4,7,9,12,14H,5-6H2,1-2H3. The van der Waals surface area contributed by atoms with E-state index in [9.17, 15) is 4.39 Å². The average Bonchev–Trinajstić information content (AvgIpc) is 2.22. The molecule has 1 fully saturated rings. The molecule has 1 saturated heterocycles. The van der Waals surface area contributed by atoms with E-state index in [2.05, 4.69) is 12.2 Å². The molecule has 82 valence electrons. The quantitative estimate of drug-likeness (QED) is 0.787. The van der Waals surface area contributed by atoms with Crippen LogP contribution >= 0.6 is 11.8 Å². The van der Waals surface area contributed by atoms with E-state index in [0.717, 1.165) is 12.1 Å². The molecule has 1 nitrogen and oxygen atoms in total. The van der Waals surface area contributed by atoms with E-state index in [-0.39, 0.29) is 5.82 Å². The van der Waals surface area contributed by atoms with Crippen LogP contribution in [0.3, 0.4) is 0 Å². The molecule has 2 atom stereocenters. The summed E-state index contributed by atoms with van der Waals surface area (Å²) >= 11 is 1.92. The van der Waals surface area contributed by atoms with Crippen LogP contribution in [0.25, 0.3) is 0 Å². The van der Waals surface area contributed by atoms with Gasteiger partial charge in [-0.25, -0.2) is 4.39 Å². The molecule has 1 aromatic carbocycles. The lowest BCUT2D eigenvalue weighted by atomic mass is 10.1. The number of aryl methyl sites for hydroxylation is 1. The van der Waals surface area contributed by atoms with Gasteiger partial charge in [0.1, 0.15) is 5.82 Å². The molecule has 1 N–H and O–H groups in total. The largest absolute Gasteiger partial charge is 0.302 e. The van der Waals surface area contributed by atoms with Gasteiger partial charge < -0.3 is 5.32 Å².